The quantitative estimate of drug-likeness (QED) is 0.835. The number of rotatable bonds is 3. The first-order valence-corrected chi connectivity index (χ1v) is 6.33. The van der Waals surface area contributed by atoms with E-state index in [1.54, 1.807) is 6.07 Å². The van der Waals surface area contributed by atoms with Crippen molar-refractivity contribution < 1.29 is 4.39 Å². The van der Waals surface area contributed by atoms with Gasteiger partial charge in [0, 0.05) is 22.6 Å². The molecule has 0 amide bonds. The van der Waals surface area contributed by atoms with Gasteiger partial charge in [0.2, 0.25) is 0 Å². The van der Waals surface area contributed by atoms with E-state index in [-0.39, 0.29) is 5.82 Å². The van der Waals surface area contributed by atoms with E-state index in [1.165, 1.54) is 17.3 Å². The summed E-state index contributed by atoms with van der Waals surface area (Å²) in [6.07, 6.45) is 3.31. The normalized spacial score (nSPS) is 18.8. The van der Waals surface area contributed by atoms with Crippen LogP contribution in [0.5, 0.6) is 0 Å². The molecule has 0 aliphatic heterocycles. The number of aromatic amines is 1. The number of fused-ring (bicyclic) bond motifs is 3. The predicted molar refractivity (Wildman–Crippen MR) is 67.6 cm³/mol. The van der Waals surface area contributed by atoms with Crippen molar-refractivity contribution in [2.24, 2.45) is 0 Å². The molecule has 2 N–H and O–H groups in total. The van der Waals surface area contributed by atoms with Crippen LogP contribution in [0.1, 0.15) is 37.1 Å². The smallest absolute Gasteiger partial charge is 0.123 e. The molecule has 1 atom stereocenters. The van der Waals surface area contributed by atoms with Crippen LogP contribution in [-0.2, 0) is 6.42 Å². The number of H-pyrrole nitrogens is 1. The number of nitrogens with one attached hydrogen (secondary N) is 2. The van der Waals surface area contributed by atoms with Gasteiger partial charge in [-0.05, 0) is 49.6 Å². The molecule has 0 saturated carbocycles. The Kier molecular flexibility index (Phi) is 2.63. The molecular weight excluding hydrogens is 215 g/mol. The van der Waals surface area contributed by atoms with Crippen molar-refractivity contribution in [3.05, 3.63) is 35.3 Å². The zero-order valence-corrected chi connectivity index (χ0v) is 10.0. The van der Waals surface area contributed by atoms with E-state index < -0.39 is 0 Å². The molecule has 0 spiro atoms. The molecule has 1 aliphatic rings. The molecule has 0 bridgehead atoms. The van der Waals surface area contributed by atoms with Crippen molar-refractivity contribution in [1.29, 1.82) is 0 Å². The number of benzene rings is 1. The lowest BCUT2D eigenvalue weighted by Crippen LogP contribution is -2.19. The Balaban J connectivity index is 2.05. The maximum absolute atomic E-state index is 13.3. The number of aryl methyl sites for hydroxylation is 1. The average molecular weight is 232 g/mol. The maximum Gasteiger partial charge on any atom is 0.123 e. The van der Waals surface area contributed by atoms with Gasteiger partial charge in [0.25, 0.3) is 0 Å². The van der Waals surface area contributed by atoms with Crippen molar-refractivity contribution in [3.63, 3.8) is 0 Å². The van der Waals surface area contributed by atoms with Crippen molar-refractivity contribution >= 4 is 10.9 Å². The first-order valence-electron chi connectivity index (χ1n) is 6.33. The Labute approximate surface area is 100 Å². The summed E-state index contributed by atoms with van der Waals surface area (Å²) < 4.78 is 13.3. The summed E-state index contributed by atoms with van der Waals surface area (Å²) in [6.45, 7) is 3.18. The van der Waals surface area contributed by atoms with E-state index >= 15 is 0 Å². The molecule has 0 saturated heterocycles. The van der Waals surface area contributed by atoms with E-state index in [2.05, 4.69) is 17.2 Å². The average Bonchev–Trinajstić information content (AvgIpc) is 2.86. The fraction of sp³-hybridized carbons (Fsp3) is 0.429. The lowest BCUT2D eigenvalue weighted by atomic mass is 10.1. The van der Waals surface area contributed by atoms with Crippen LogP contribution in [-0.4, -0.2) is 11.5 Å². The van der Waals surface area contributed by atoms with Crippen molar-refractivity contribution in [2.75, 3.05) is 6.54 Å². The number of hydrogen-bond acceptors (Lipinski definition) is 1. The Morgan fingerprint density at radius 1 is 1.47 bits per heavy atom. The lowest BCUT2D eigenvalue weighted by molar-refractivity contribution is 0.531. The summed E-state index contributed by atoms with van der Waals surface area (Å²) in [5, 5.41) is 4.59. The minimum absolute atomic E-state index is 0.152. The molecule has 2 aromatic rings. The minimum Gasteiger partial charge on any atom is -0.358 e. The molecule has 0 radical (unpaired) electrons. The van der Waals surface area contributed by atoms with Gasteiger partial charge in [-0.15, -0.1) is 0 Å². The van der Waals surface area contributed by atoms with Gasteiger partial charge in [-0.1, -0.05) is 6.92 Å². The van der Waals surface area contributed by atoms with Gasteiger partial charge in [0.15, 0.2) is 0 Å². The van der Waals surface area contributed by atoms with Crippen molar-refractivity contribution in [3.8, 4) is 0 Å². The minimum atomic E-state index is -0.152. The second kappa shape index (κ2) is 4.15. The molecule has 2 nitrogen and oxygen atoms in total. The maximum atomic E-state index is 13.3. The van der Waals surface area contributed by atoms with Crippen LogP contribution in [0.2, 0.25) is 0 Å². The molecule has 1 aromatic heterocycles. The molecule has 1 unspecified atom stereocenters. The molecule has 3 rings (SSSR count). The largest absolute Gasteiger partial charge is 0.358 e. The van der Waals surface area contributed by atoms with Crippen LogP contribution in [0, 0.1) is 5.82 Å². The molecule has 1 aliphatic carbocycles. The topological polar surface area (TPSA) is 27.8 Å². The Morgan fingerprint density at radius 3 is 3.18 bits per heavy atom. The molecule has 0 fully saturated rings. The van der Waals surface area contributed by atoms with Crippen molar-refractivity contribution in [1.82, 2.24) is 10.3 Å². The molecule has 1 heterocycles. The Bertz CT molecular complexity index is 544. The summed E-state index contributed by atoms with van der Waals surface area (Å²) in [5.41, 5.74) is 3.62. The number of hydrogen-bond donors (Lipinski definition) is 2. The fourth-order valence-corrected chi connectivity index (χ4v) is 2.79. The van der Waals surface area contributed by atoms with Crippen LogP contribution in [0.25, 0.3) is 10.9 Å². The van der Waals surface area contributed by atoms with E-state index in [4.69, 9.17) is 0 Å². The summed E-state index contributed by atoms with van der Waals surface area (Å²) in [6, 6.07) is 5.39. The Morgan fingerprint density at radius 2 is 2.35 bits per heavy atom. The monoisotopic (exact) mass is 232 g/mol. The number of aromatic nitrogens is 1. The zero-order chi connectivity index (χ0) is 11.8. The highest BCUT2D eigenvalue weighted by Gasteiger charge is 2.26. The fourth-order valence-electron chi connectivity index (χ4n) is 2.79. The Hall–Kier alpha value is -1.35. The highest BCUT2D eigenvalue weighted by atomic mass is 19.1. The van der Waals surface area contributed by atoms with E-state index in [0.29, 0.717) is 6.04 Å². The van der Waals surface area contributed by atoms with Gasteiger partial charge in [0.1, 0.15) is 5.82 Å². The van der Waals surface area contributed by atoms with Crippen LogP contribution in [0.3, 0.4) is 0 Å². The highest BCUT2D eigenvalue weighted by Crippen LogP contribution is 2.37. The first-order chi connectivity index (χ1) is 8.29. The van der Waals surface area contributed by atoms with Gasteiger partial charge in [0.05, 0.1) is 0 Å². The third kappa shape index (κ3) is 1.75. The zero-order valence-electron chi connectivity index (χ0n) is 10.0. The molecular formula is C14H17FN2. The SMILES string of the molecule is CCCNC1CCc2[nH]c3ccc(F)cc3c21. The van der Waals surface area contributed by atoms with Crippen LogP contribution < -0.4 is 5.32 Å². The van der Waals surface area contributed by atoms with Gasteiger partial charge in [-0.3, -0.25) is 0 Å². The predicted octanol–water partition coefficient (Wildman–Crippen LogP) is 3.29. The summed E-state index contributed by atoms with van der Waals surface area (Å²) >= 11 is 0. The van der Waals surface area contributed by atoms with E-state index in [9.17, 15) is 4.39 Å². The van der Waals surface area contributed by atoms with E-state index in [0.717, 1.165) is 36.7 Å². The number of halogens is 1. The summed E-state index contributed by atoms with van der Waals surface area (Å²) in [7, 11) is 0. The van der Waals surface area contributed by atoms with Crippen LogP contribution in [0.15, 0.2) is 18.2 Å². The van der Waals surface area contributed by atoms with Gasteiger partial charge in [-0.2, -0.15) is 0 Å². The third-order valence-electron chi connectivity index (χ3n) is 3.55. The molecule has 1 aromatic carbocycles. The standard InChI is InChI=1S/C14H17FN2/c1-2-7-16-12-5-6-13-14(12)10-8-9(15)3-4-11(10)17-13/h3-4,8,12,16-17H,2,5-7H2,1H3. The first kappa shape index (κ1) is 10.8. The van der Waals surface area contributed by atoms with Crippen molar-refractivity contribution in [2.45, 2.75) is 32.2 Å². The molecule has 90 valence electrons. The second-order valence-corrected chi connectivity index (χ2v) is 4.75. The van der Waals surface area contributed by atoms with Crippen LogP contribution in [0.4, 0.5) is 4.39 Å². The summed E-state index contributed by atoms with van der Waals surface area (Å²) in [5.74, 6) is -0.152. The van der Waals surface area contributed by atoms with Crippen LogP contribution >= 0.6 is 0 Å². The molecule has 3 heteroatoms. The second-order valence-electron chi connectivity index (χ2n) is 4.75. The summed E-state index contributed by atoms with van der Waals surface area (Å²) in [4.78, 5) is 3.40. The van der Waals surface area contributed by atoms with Gasteiger partial charge >= 0.3 is 0 Å². The lowest BCUT2D eigenvalue weighted by Gasteiger charge is -2.12. The van der Waals surface area contributed by atoms with Gasteiger partial charge in [-0.25, -0.2) is 4.39 Å². The molecule has 17 heavy (non-hydrogen) atoms. The highest BCUT2D eigenvalue weighted by molar-refractivity contribution is 5.85. The van der Waals surface area contributed by atoms with E-state index in [1.807, 2.05) is 6.07 Å². The van der Waals surface area contributed by atoms with Gasteiger partial charge < -0.3 is 10.3 Å². The third-order valence-corrected chi connectivity index (χ3v) is 3.55.